The predicted octanol–water partition coefficient (Wildman–Crippen LogP) is 4.05. The van der Waals surface area contributed by atoms with Crippen LogP contribution in [0.5, 0.6) is 11.5 Å². The molecule has 4 N–H and O–H groups in total. The molecule has 2 aliphatic heterocycles. The molecule has 3 aromatic carbocycles. The zero-order chi connectivity index (χ0) is 26.3. The van der Waals surface area contributed by atoms with Gasteiger partial charge in [-0.2, -0.15) is 0 Å². The molecule has 5 rings (SSSR count). The van der Waals surface area contributed by atoms with Crippen LogP contribution in [0.3, 0.4) is 0 Å². The highest BCUT2D eigenvalue weighted by atomic mass is 35.5. The van der Waals surface area contributed by atoms with Crippen LogP contribution in [0.4, 0.5) is 14.5 Å². The lowest BCUT2D eigenvalue weighted by Crippen LogP contribution is -2.57. The second-order valence-corrected chi connectivity index (χ2v) is 9.43. The average Bonchev–Trinajstić information content (AvgIpc) is 3.24. The van der Waals surface area contributed by atoms with Crippen LogP contribution in [0, 0.1) is 11.6 Å². The lowest BCUT2D eigenvalue weighted by molar-refractivity contribution is 0.100. The summed E-state index contributed by atoms with van der Waals surface area (Å²) in [6.07, 6.45) is 0.358. The van der Waals surface area contributed by atoms with Gasteiger partial charge in [0.2, 0.25) is 5.91 Å². The number of benzene rings is 3. The Hall–Kier alpha value is -3.11. The summed E-state index contributed by atoms with van der Waals surface area (Å²) < 4.78 is 42.1. The van der Waals surface area contributed by atoms with E-state index in [2.05, 4.69) is 10.2 Å². The molecule has 11 heteroatoms. The summed E-state index contributed by atoms with van der Waals surface area (Å²) in [5.74, 6) is -2.07. The van der Waals surface area contributed by atoms with E-state index in [1.807, 2.05) is 24.3 Å². The number of piperazine rings is 1. The summed E-state index contributed by atoms with van der Waals surface area (Å²) in [6, 6.07) is 11.6. The molecule has 38 heavy (non-hydrogen) atoms. The maximum absolute atomic E-state index is 15.9. The monoisotopic (exact) mass is 565 g/mol. The van der Waals surface area contributed by atoms with E-state index in [0.29, 0.717) is 43.1 Å². The van der Waals surface area contributed by atoms with Gasteiger partial charge in [0.15, 0.2) is 11.6 Å². The summed E-state index contributed by atoms with van der Waals surface area (Å²) in [5, 5.41) is 12.3. The Labute approximate surface area is 229 Å². The Kier molecular flexibility index (Phi) is 8.04. The fourth-order valence-electron chi connectivity index (χ4n) is 5.47. The van der Waals surface area contributed by atoms with E-state index >= 15 is 8.78 Å². The van der Waals surface area contributed by atoms with Gasteiger partial charge in [0.05, 0.1) is 29.8 Å². The van der Waals surface area contributed by atoms with Crippen molar-refractivity contribution in [1.82, 2.24) is 5.32 Å². The normalized spacial score (nSPS) is 17.9. The predicted molar refractivity (Wildman–Crippen MR) is 144 cm³/mol. The van der Waals surface area contributed by atoms with Crippen molar-refractivity contribution in [3.05, 3.63) is 75.8 Å². The number of ether oxygens (including phenoxy) is 2. The fourth-order valence-corrected chi connectivity index (χ4v) is 5.74. The lowest BCUT2D eigenvalue weighted by Gasteiger charge is -2.45. The van der Waals surface area contributed by atoms with Crippen molar-refractivity contribution in [2.24, 2.45) is 5.73 Å². The van der Waals surface area contributed by atoms with Gasteiger partial charge in [-0.1, -0.05) is 23.7 Å². The number of nitrogens with two attached hydrogens (primary N) is 1. The Morgan fingerprint density at radius 2 is 2.03 bits per heavy atom. The van der Waals surface area contributed by atoms with Gasteiger partial charge in [-0.15, -0.1) is 12.4 Å². The van der Waals surface area contributed by atoms with Crippen LogP contribution in [0.15, 0.2) is 42.5 Å². The minimum absolute atomic E-state index is 0. The van der Waals surface area contributed by atoms with Crippen LogP contribution in [-0.4, -0.2) is 51.0 Å². The van der Waals surface area contributed by atoms with Crippen molar-refractivity contribution in [3.63, 3.8) is 0 Å². The Morgan fingerprint density at radius 1 is 1.24 bits per heavy atom. The number of primary amides is 1. The van der Waals surface area contributed by atoms with Gasteiger partial charge in [0.25, 0.3) is 0 Å². The minimum atomic E-state index is -0.905. The molecule has 1 saturated heterocycles. The molecule has 0 spiro atoms. The molecule has 0 aromatic heterocycles. The first-order valence-corrected chi connectivity index (χ1v) is 12.2. The number of nitrogens with one attached hydrogen (secondary N) is 1. The molecule has 2 aliphatic rings. The van der Waals surface area contributed by atoms with E-state index < -0.39 is 23.1 Å². The number of amides is 1. The van der Waals surface area contributed by atoms with Crippen LogP contribution in [0.2, 0.25) is 5.02 Å². The summed E-state index contributed by atoms with van der Waals surface area (Å²) in [7, 11) is 1.59. The quantitative estimate of drug-likeness (QED) is 0.400. The minimum Gasteiger partial charge on any atom is -0.497 e. The number of fused-ring (bicyclic) bond motifs is 3. The first-order chi connectivity index (χ1) is 17.8. The highest BCUT2D eigenvalue weighted by Crippen LogP contribution is 2.53. The molecule has 1 unspecified atom stereocenters. The van der Waals surface area contributed by atoms with E-state index in [0.717, 1.165) is 5.56 Å². The summed E-state index contributed by atoms with van der Waals surface area (Å²) in [6.45, 7) is 1.26. The SMILES string of the molecule is COc1cccc(C23CNCCN2c2cc(F)c(Cl)c(-c4c(C(N)=O)ccc(OCCO)c4F)c2C3)c1.Cl. The van der Waals surface area contributed by atoms with Gasteiger partial charge >= 0.3 is 0 Å². The van der Waals surface area contributed by atoms with Gasteiger partial charge in [-0.05, 0) is 41.5 Å². The molecule has 0 radical (unpaired) electrons. The molecule has 3 aromatic rings. The zero-order valence-corrected chi connectivity index (χ0v) is 22.1. The maximum Gasteiger partial charge on any atom is 0.249 e. The molecule has 2 heterocycles. The highest BCUT2D eigenvalue weighted by molar-refractivity contribution is 6.34. The Morgan fingerprint density at radius 3 is 2.74 bits per heavy atom. The van der Waals surface area contributed by atoms with Crippen molar-refractivity contribution in [2.75, 3.05) is 44.9 Å². The summed E-state index contributed by atoms with van der Waals surface area (Å²) in [4.78, 5) is 14.5. The first-order valence-electron chi connectivity index (χ1n) is 11.8. The van der Waals surface area contributed by atoms with Crippen LogP contribution in [0.1, 0.15) is 21.5 Å². The molecule has 1 fully saturated rings. The summed E-state index contributed by atoms with van der Waals surface area (Å²) >= 11 is 6.52. The Bertz CT molecular complexity index is 1390. The molecule has 0 saturated carbocycles. The molecular weight excluding hydrogens is 539 g/mol. The third-order valence-corrected chi connectivity index (χ3v) is 7.46. The average molecular weight is 566 g/mol. The molecule has 1 atom stereocenters. The van der Waals surface area contributed by atoms with Crippen LogP contribution in [0.25, 0.3) is 11.1 Å². The van der Waals surface area contributed by atoms with Crippen molar-refractivity contribution in [2.45, 2.75) is 12.0 Å². The number of aliphatic hydroxyl groups excluding tert-OH is 1. The van der Waals surface area contributed by atoms with Gasteiger partial charge in [-0.3, -0.25) is 4.79 Å². The van der Waals surface area contributed by atoms with Crippen LogP contribution < -0.4 is 25.4 Å². The number of rotatable bonds is 7. The van der Waals surface area contributed by atoms with Crippen molar-refractivity contribution < 1.29 is 28.2 Å². The number of nitrogens with zero attached hydrogens (tertiary/aromatic N) is 1. The number of hydrogen-bond donors (Lipinski definition) is 3. The smallest absolute Gasteiger partial charge is 0.249 e. The van der Waals surface area contributed by atoms with E-state index in [4.69, 9.17) is 31.9 Å². The van der Waals surface area contributed by atoms with Gasteiger partial charge < -0.3 is 30.5 Å². The standard InChI is InChI=1S/C27H26ClF2N3O4.ClH/c1-36-16-4-2-3-15(11-16)27-13-18-20(33(27)8-7-32-14-27)12-19(29)24(28)22(18)23-17(26(31)35)5-6-21(25(23)30)37-10-9-34;/h2-6,11-12,32,34H,7-10,13-14H2,1H3,(H2,31,35);1H. The van der Waals surface area contributed by atoms with Gasteiger partial charge in [-0.25, -0.2) is 8.78 Å². The van der Waals surface area contributed by atoms with E-state index in [1.54, 1.807) is 7.11 Å². The number of aliphatic hydroxyl groups is 1. The van der Waals surface area contributed by atoms with Crippen molar-refractivity contribution >= 4 is 35.6 Å². The number of anilines is 1. The molecule has 202 valence electrons. The van der Waals surface area contributed by atoms with Gasteiger partial charge in [0, 0.05) is 42.9 Å². The topological polar surface area (TPSA) is 97.1 Å². The maximum atomic E-state index is 15.9. The number of methoxy groups -OCH3 is 1. The largest absolute Gasteiger partial charge is 0.497 e. The number of hydrogen-bond acceptors (Lipinski definition) is 6. The molecular formula is C27H27Cl2F2N3O4. The molecule has 0 aliphatic carbocycles. The first kappa shape index (κ1) is 27.9. The van der Waals surface area contributed by atoms with Gasteiger partial charge in [0.1, 0.15) is 18.2 Å². The molecule has 7 nitrogen and oxygen atoms in total. The second kappa shape index (κ2) is 10.9. The molecule has 0 bridgehead atoms. The van der Waals surface area contributed by atoms with Crippen LogP contribution in [-0.2, 0) is 12.0 Å². The third kappa shape index (κ3) is 4.43. The zero-order valence-electron chi connectivity index (χ0n) is 20.5. The lowest BCUT2D eigenvalue weighted by atomic mass is 9.82. The fraction of sp³-hybridized carbons (Fsp3) is 0.296. The molecule has 1 amide bonds. The number of carbonyl (C=O) groups excluding carboxylic acids is 1. The van der Waals surface area contributed by atoms with Crippen LogP contribution >= 0.6 is 24.0 Å². The van der Waals surface area contributed by atoms with E-state index in [9.17, 15) is 4.79 Å². The highest BCUT2D eigenvalue weighted by Gasteiger charge is 2.48. The third-order valence-electron chi connectivity index (χ3n) is 7.09. The summed E-state index contributed by atoms with van der Waals surface area (Å²) in [5.41, 5.74) is 6.77. The number of halogens is 4. The van der Waals surface area contributed by atoms with Crippen molar-refractivity contribution in [1.29, 1.82) is 0 Å². The number of carbonyl (C=O) groups is 1. The van der Waals surface area contributed by atoms with Crippen molar-refractivity contribution in [3.8, 4) is 22.6 Å². The van der Waals surface area contributed by atoms with E-state index in [-0.39, 0.29) is 53.1 Å². The second-order valence-electron chi connectivity index (χ2n) is 9.05. The van der Waals surface area contributed by atoms with E-state index in [1.165, 1.54) is 18.2 Å². The Balaban J connectivity index is 0.00000336.